The number of hydrogen-bond acceptors (Lipinski definition) is 4. The van der Waals surface area contributed by atoms with Crippen LogP contribution in [-0.2, 0) is 9.59 Å². The minimum absolute atomic E-state index is 0.236. The van der Waals surface area contributed by atoms with Crippen LogP contribution in [0.25, 0.3) is 10.4 Å². The lowest BCUT2D eigenvalue weighted by Crippen LogP contribution is -2.32. The quantitative estimate of drug-likeness (QED) is 0.236. The molecule has 0 aliphatic heterocycles. The van der Waals surface area contributed by atoms with Gasteiger partial charge in [-0.2, -0.15) is 0 Å². The number of nitrogens with two attached hydrogens (primary N) is 2. The first-order chi connectivity index (χ1) is 8.06. The lowest BCUT2D eigenvalue weighted by atomic mass is 10.3. The van der Waals surface area contributed by atoms with Gasteiger partial charge < -0.3 is 16.4 Å². The minimum Gasteiger partial charge on any atom is -0.370 e. The van der Waals surface area contributed by atoms with Crippen molar-refractivity contribution in [2.45, 2.75) is 19.3 Å². The number of carbonyl (C=O) groups excluding carboxylic acids is 2. The Balaban J connectivity index is 3.95. The smallest absolute Gasteiger partial charge is 0.218 e. The maximum atomic E-state index is 10.7. The van der Waals surface area contributed by atoms with E-state index in [4.69, 9.17) is 17.0 Å². The van der Waals surface area contributed by atoms with Gasteiger partial charge in [-0.15, -0.1) is 0 Å². The van der Waals surface area contributed by atoms with Gasteiger partial charge in [-0.1, -0.05) is 5.11 Å². The van der Waals surface area contributed by atoms with Crippen LogP contribution in [0.4, 0.5) is 0 Å². The maximum absolute atomic E-state index is 10.7. The Labute approximate surface area is 99.6 Å². The third kappa shape index (κ3) is 10.5. The summed E-state index contributed by atoms with van der Waals surface area (Å²) < 4.78 is 0. The molecular formula is C9H18N6O2. The highest BCUT2D eigenvalue weighted by Crippen LogP contribution is 1.97. The van der Waals surface area contributed by atoms with Crippen LogP contribution in [0, 0.1) is 0 Å². The first-order valence-electron chi connectivity index (χ1n) is 5.36. The topological polar surface area (TPSA) is 138 Å². The molecule has 0 unspecified atom stereocenters. The Kier molecular flexibility index (Phi) is 8.44. The Morgan fingerprint density at radius 1 is 1.12 bits per heavy atom. The highest BCUT2D eigenvalue weighted by Gasteiger charge is 2.07. The van der Waals surface area contributed by atoms with Gasteiger partial charge in [0.15, 0.2) is 0 Å². The Hall–Kier alpha value is -1.79. The molecule has 0 heterocycles. The number of carbonyl (C=O) groups is 2. The van der Waals surface area contributed by atoms with Gasteiger partial charge in [-0.3, -0.25) is 9.59 Å². The largest absolute Gasteiger partial charge is 0.370 e. The molecule has 0 fully saturated rings. The molecule has 2 amide bonds. The molecule has 0 saturated heterocycles. The van der Waals surface area contributed by atoms with Gasteiger partial charge in [-0.25, -0.2) is 0 Å². The van der Waals surface area contributed by atoms with Crippen molar-refractivity contribution in [2.24, 2.45) is 16.6 Å². The van der Waals surface area contributed by atoms with E-state index < -0.39 is 0 Å². The van der Waals surface area contributed by atoms with Crippen LogP contribution < -0.4 is 11.5 Å². The number of primary amides is 2. The Morgan fingerprint density at radius 2 is 1.65 bits per heavy atom. The summed E-state index contributed by atoms with van der Waals surface area (Å²) in [5.41, 5.74) is 18.2. The van der Waals surface area contributed by atoms with Gasteiger partial charge in [0, 0.05) is 37.4 Å². The molecule has 0 spiro atoms. The van der Waals surface area contributed by atoms with Gasteiger partial charge in [-0.05, 0) is 18.5 Å². The van der Waals surface area contributed by atoms with E-state index in [-0.39, 0.29) is 24.7 Å². The van der Waals surface area contributed by atoms with Gasteiger partial charge in [0.1, 0.15) is 0 Å². The zero-order valence-electron chi connectivity index (χ0n) is 9.71. The zero-order valence-corrected chi connectivity index (χ0v) is 9.71. The SMILES string of the molecule is [N-]=[N+]=NCCCN(CCC(N)=O)CCC(N)=O. The van der Waals surface area contributed by atoms with Crippen LogP contribution >= 0.6 is 0 Å². The van der Waals surface area contributed by atoms with Crippen molar-refractivity contribution in [1.29, 1.82) is 0 Å². The van der Waals surface area contributed by atoms with Gasteiger partial charge >= 0.3 is 0 Å². The molecule has 0 atom stereocenters. The normalized spacial score (nSPS) is 9.94. The molecular weight excluding hydrogens is 224 g/mol. The summed E-state index contributed by atoms with van der Waals surface area (Å²) >= 11 is 0. The summed E-state index contributed by atoms with van der Waals surface area (Å²) in [5, 5.41) is 3.40. The van der Waals surface area contributed by atoms with Gasteiger partial charge in [0.25, 0.3) is 0 Å². The van der Waals surface area contributed by atoms with E-state index in [1.54, 1.807) is 0 Å². The van der Waals surface area contributed by atoms with E-state index in [9.17, 15) is 9.59 Å². The molecule has 0 saturated carbocycles. The van der Waals surface area contributed by atoms with Crippen LogP contribution in [0.5, 0.6) is 0 Å². The molecule has 17 heavy (non-hydrogen) atoms. The highest BCUT2D eigenvalue weighted by atomic mass is 16.1. The third-order valence-corrected chi connectivity index (χ3v) is 2.14. The summed E-state index contributed by atoms with van der Waals surface area (Å²) in [6.07, 6.45) is 1.14. The molecule has 0 rings (SSSR count). The van der Waals surface area contributed by atoms with E-state index >= 15 is 0 Å². The summed E-state index contributed by atoms with van der Waals surface area (Å²) in [4.78, 5) is 25.9. The lowest BCUT2D eigenvalue weighted by molar-refractivity contribution is -0.118. The maximum Gasteiger partial charge on any atom is 0.218 e. The first kappa shape index (κ1) is 15.2. The summed E-state index contributed by atoms with van der Waals surface area (Å²) in [6, 6.07) is 0. The number of nitrogens with zero attached hydrogens (tertiary/aromatic N) is 4. The average Bonchev–Trinajstić information content (AvgIpc) is 2.26. The average molecular weight is 242 g/mol. The predicted molar refractivity (Wildman–Crippen MR) is 62.7 cm³/mol. The molecule has 96 valence electrons. The highest BCUT2D eigenvalue weighted by molar-refractivity contribution is 5.74. The number of azide groups is 1. The standard InChI is InChI=1S/C9H18N6O2/c10-8(16)2-6-15(7-3-9(11)17)5-1-4-13-14-12/h1-7H2,(H2,10,16)(H2,11,17). The molecule has 0 aromatic heterocycles. The monoisotopic (exact) mass is 242 g/mol. The van der Waals surface area contributed by atoms with E-state index in [0.29, 0.717) is 32.6 Å². The molecule has 8 heteroatoms. The van der Waals surface area contributed by atoms with Gasteiger partial charge in [0.05, 0.1) is 0 Å². The second kappa shape index (κ2) is 9.44. The van der Waals surface area contributed by atoms with Crippen LogP contribution in [-0.4, -0.2) is 42.9 Å². The fourth-order valence-electron chi connectivity index (χ4n) is 1.28. The molecule has 0 bridgehead atoms. The van der Waals surface area contributed by atoms with Gasteiger partial charge in [0.2, 0.25) is 11.8 Å². The van der Waals surface area contributed by atoms with E-state index in [2.05, 4.69) is 10.0 Å². The van der Waals surface area contributed by atoms with Crippen molar-refractivity contribution >= 4 is 11.8 Å². The van der Waals surface area contributed by atoms with E-state index in [0.717, 1.165) is 0 Å². The fraction of sp³-hybridized carbons (Fsp3) is 0.778. The van der Waals surface area contributed by atoms with Crippen molar-refractivity contribution in [1.82, 2.24) is 4.90 Å². The molecule has 0 aromatic rings. The van der Waals surface area contributed by atoms with Crippen LogP contribution in [0.1, 0.15) is 19.3 Å². The summed E-state index contributed by atoms with van der Waals surface area (Å²) in [6.45, 7) is 2.00. The van der Waals surface area contributed by atoms with Crippen molar-refractivity contribution in [3.63, 3.8) is 0 Å². The molecule has 0 aliphatic rings. The second-order valence-electron chi connectivity index (χ2n) is 3.58. The number of hydrogen-bond donors (Lipinski definition) is 2. The Morgan fingerprint density at radius 3 is 2.06 bits per heavy atom. The zero-order chi connectivity index (χ0) is 13.1. The van der Waals surface area contributed by atoms with Crippen LogP contribution in [0.15, 0.2) is 5.11 Å². The van der Waals surface area contributed by atoms with Crippen molar-refractivity contribution in [2.75, 3.05) is 26.2 Å². The van der Waals surface area contributed by atoms with E-state index in [1.807, 2.05) is 4.90 Å². The van der Waals surface area contributed by atoms with Crippen LogP contribution in [0.2, 0.25) is 0 Å². The molecule has 8 nitrogen and oxygen atoms in total. The second-order valence-corrected chi connectivity index (χ2v) is 3.58. The summed E-state index contributed by atoms with van der Waals surface area (Å²) in [7, 11) is 0. The Bertz CT molecular complexity index is 282. The molecule has 0 aliphatic carbocycles. The molecule has 0 aromatic carbocycles. The molecule has 4 N–H and O–H groups in total. The molecule has 0 radical (unpaired) electrons. The lowest BCUT2D eigenvalue weighted by Gasteiger charge is -2.20. The van der Waals surface area contributed by atoms with Crippen molar-refractivity contribution in [3.8, 4) is 0 Å². The van der Waals surface area contributed by atoms with Crippen molar-refractivity contribution in [3.05, 3.63) is 10.4 Å². The number of amides is 2. The summed E-state index contributed by atoms with van der Waals surface area (Å²) in [5.74, 6) is -0.770. The fourth-order valence-corrected chi connectivity index (χ4v) is 1.28. The predicted octanol–water partition coefficient (Wildman–Crippen LogP) is -0.260. The van der Waals surface area contributed by atoms with Crippen LogP contribution in [0.3, 0.4) is 0 Å². The minimum atomic E-state index is -0.385. The number of rotatable bonds is 10. The van der Waals surface area contributed by atoms with E-state index in [1.165, 1.54) is 0 Å². The first-order valence-corrected chi connectivity index (χ1v) is 5.36. The third-order valence-electron chi connectivity index (χ3n) is 2.14. The van der Waals surface area contributed by atoms with Crippen molar-refractivity contribution < 1.29 is 9.59 Å².